The van der Waals surface area contributed by atoms with Gasteiger partial charge in [-0.15, -0.1) is 0 Å². The first kappa shape index (κ1) is 28.2. The smallest absolute Gasteiger partial charge is 0.349 e. The molecule has 7 heteroatoms. The molecule has 0 amide bonds. The Morgan fingerprint density at radius 1 is 0.853 bits per heavy atom. The zero-order valence-corrected chi connectivity index (χ0v) is 22.9. The van der Waals surface area contributed by atoms with Crippen LogP contribution in [-0.4, -0.2) is 36.3 Å². The Bertz CT molecular complexity index is 945. The largest absolute Gasteiger partial charge is 0.508 e. The Hall–Kier alpha value is -2.01. The van der Waals surface area contributed by atoms with Crippen LogP contribution in [0.25, 0.3) is 0 Å². The summed E-state index contributed by atoms with van der Waals surface area (Å²) in [5.41, 5.74) is 3.03. The first-order valence-electron chi connectivity index (χ1n) is 12.0. The molecule has 0 saturated heterocycles. The highest BCUT2D eigenvalue weighted by atomic mass is 31.2. The molecule has 2 aromatic carbocycles. The van der Waals surface area contributed by atoms with Crippen molar-refractivity contribution in [1.29, 1.82) is 0 Å². The van der Waals surface area contributed by atoms with Crippen LogP contribution in [-0.2, 0) is 30.9 Å². The summed E-state index contributed by atoms with van der Waals surface area (Å²) in [6.45, 7) is 17.2. The Kier molecular flexibility index (Phi) is 9.26. The first-order chi connectivity index (χ1) is 15.7. The molecule has 0 unspecified atom stereocenters. The molecule has 2 N–H and O–H groups in total. The highest BCUT2D eigenvalue weighted by molar-refractivity contribution is 7.53. The highest BCUT2D eigenvalue weighted by Gasteiger charge is 2.31. The van der Waals surface area contributed by atoms with E-state index in [9.17, 15) is 14.8 Å². The number of aromatic hydroxyl groups is 2. The number of anilines is 1. The van der Waals surface area contributed by atoms with Crippen LogP contribution in [0.5, 0.6) is 11.5 Å². The molecule has 0 heterocycles. The lowest BCUT2D eigenvalue weighted by atomic mass is 9.79. The fourth-order valence-electron chi connectivity index (χ4n) is 3.87. The molecule has 6 nitrogen and oxygen atoms in total. The summed E-state index contributed by atoms with van der Waals surface area (Å²) in [7, 11) is -3.37. The number of phenolic OH excluding ortho intramolecular Hbond substituents is 2. The summed E-state index contributed by atoms with van der Waals surface area (Å²) in [5, 5.41) is 20.8. The lowest BCUT2D eigenvalue weighted by molar-refractivity contribution is 0.220. The van der Waals surface area contributed by atoms with Gasteiger partial charge in [-0.05, 0) is 60.9 Å². The van der Waals surface area contributed by atoms with Gasteiger partial charge in [-0.2, -0.15) is 0 Å². The second-order valence-electron chi connectivity index (χ2n) is 10.7. The minimum absolute atomic E-state index is 0.102. The zero-order chi connectivity index (χ0) is 25.7. The van der Waals surface area contributed by atoms with Crippen LogP contribution >= 0.6 is 7.60 Å². The van der Waals surface area contributed by atoms with Gasteiger partial charge in [0.25, 0.3) is 0 Å². The van der Waals surface area contributed by atoms with Gasteiger partial charge in [0.05, 0.1) is 13.2 Å². The molecular weight excluding hydrogens is 449 g/mol. The zero-order valence-electron chi connectivity index (χ0n) is 22.0. The van der Waals surface area contributed by atoms with Crippen LogP contribution in [0, 0.1) is 0 Å². The van der Waals surface area contributed by atoms with Crippen molar-refractivity contribution in [3.63, 3.8) is 0 Å². The van der Waals surface area contributed by atoms with Crippen LogP contribution < -0.4 is 4.90 Å². The van der Waals surface area contributed by atoms with Crippen LogP contribution in [0.2, 0.25) is 0 Å². The molecule has 0 saturated carbocycles. The van der Waals surface area contributed by atoms with Crippen molar-refractivity contribution >= 4 is 13.3 Å². The number of rotatable bonds is 10. The maximum absolute atomic E-state index is 13.5. The van der Waals surface area contributed by atoms with Crippen LogP contribution in [0.4, 0.5) is 5.69 Å². The fourth-order valence-corrected chi connectivity index (χ4v) is 5.62. The monoisotopic (exact) mass is 491 g/mol. The molecule has 0 bridgehead atoms. The normalized spacial score (nSPS) is 12.7. The summed E-state index contributed by atoms with van der Waals surface area (Å²) in [6, 6.07) is 11.1. The molecule has 190 valence electrons. The predicted molar refractivity (Wildman–Crippen MR) is 140 cm³/mol. The van der Waals surface area contributed by atoms with Gasteiger partial charge in [-0.1, -0.05) is 53.7 Å². The number of hydrogen-bond acceptors (Lipinski definition) is 6. The SMILES string of the molecule is CCOP(=O)(CN(CCc1ccc(O)cc1)c1cc(C(C)(C)C)c(O)c(C(C)(C)C)c1)OCC. The second kappa shape index (κ2) is 11.2. The molecule has 0 aliphatic rings. The molecular formula is C27H42NO5P. The molecule has 2 rings (SSSR count). The Morgan fingerprint density at radius 3 is 1.74 bits per heavy atom. The number of benzene rings is 2. The summed E-state index contributed by atoms with van der Waals surface area (Å²) >= 11 is 0. The van der Waals surface area contributed by atoms with Crippen LogP contribution in [0.1, 0.15) is 72.1 Å². The van der Waals surface area contributed by atoms with E-state index in [-0.39, 0.29) is 22.9 Å². The first-order valence-corrected chi connectivity index (χ1v) is 13.7. The third kappa shape index (κ3) is 7.49. The Labute approximate surface area is 205 Å². The maximum Gasteiger partial charge on any atom is 0.349 e. The third-order valence-electron chi connectivity index (χ3n) is 5.68. The minimum Gasteiger partial charge on any atom is -0.508 e. The van der Waals surface area contributed by atoms with E-state index in [2.05, 4.69) is 41.5 Å². The van der Waals surface area contributed by atoms with E-state index in [4.69, 9.17) is 9.05 Å². The number of phenols is 2. The second-order valence-corrected chi connectivity index (χ2v) is 12.7. The van der Waals surface area contributed by atoms with Crippen molar-refractivity contribution in [2.24, 2.45) is 0 Å². The Morgan fingerprint density at radius 2 is 1.32 bits per heavy atom. The van der Waals surface area contributed by atoms with E-state index in [0.717, 1.165) is 22.4 Å². The van der Waals surface area contributed by atoms with Crippen molar-refractivity contribution in [1.82, 2.24) is 0 Å². The van der Waals surface area contributed by atoms with Gasteiger partial charge in [0.15, 0.2) is 0 Å². The molecule has 0 atom stereocenters. The van der Waals surface area contributed by atoms with E-state index in [1.54, 1.807) is 12.1 Å². The van der Waals surface area contributed by atoms with Crippen molar-refractivity contribution < 1.29 is 23.8 Å². The van der Waals surface area contributed by atoms with Crippen LogP contribution in [0.3, 0.4) is 0 Å². The van der Waals surface area contributed by atoms with Crippen molar-refractivity contribution in [2.45, 2.75) is 72.6 Å². The van der Waals surface area contributed by atoms with E-state index in [1.807, 2.05) is 43.0 Å². The number of nitrogens with zero attached hydrogens (tertiary/aromatic N) is 1. The minimum atomic E-state index is -3.37. The molecule has 0 spiro atoms. The summed E-state index contributed by atoms with van der Waals surface area (Å²) in [6.07, 6.45) is 0.778. The predicted octanol–water partition coefficient (Wildman–Crippen LogP) is 6.97. The standard InChI is InChI=1S/C27H42NO5P/c1-9-32-34(31,33-10-2)19-28(16-15-20-11-13-22(29)14-12-20)21-17-23(26(3,4)5)25(30)24(18-21)27(6,7)8/h11-14,17-18,29-30H,9-10,15-16,19H2,1-8H3. The van der Waals surface area contributed by atoms with Gasteiger partial charge in [0.1, 0.15) is 17.8 Å². The van der Waals surface area contributed by atoms with E-state index >= 15 is 0 Å². The molecule has 0 aromatic heterocycles. The van der Waals surface area contributed by atoms with Gasteiger partial charge >= 0.3 is 7.60 Å². The van der Waals surface area contributed by atoms with Crippen molar-refractivity contribution in [3.8, 4) is 11.5 Å². The molecule has 0 radical (unpaired) electrons. The van der Waals surface area contributed by atoms with E-state index in [0.29, 0.717) is 31.9 Å². The van der Waals surface area contributed by atoms with Gasteiger partial charge in [-0.25, -0.2) is 0 Å². The molecule has 0 aliphatic carbocycles. The van der Waals surface area contributed by atoms with Crippen LogP contribution in [0.15, 0.2) is 36.4 Å². The lowest BCUT2D eigenvalue weighted by Crippen LogP contribution is -2.29. The topological polar surface area (TPSA) is 79.2 Å². The summed E-state index contributed by atoms with van der Waals surface area (Å²) in [4.78, 5) is 2.03. The van der Waals surface area contributed by atoms with Gasteiger partial charge < -0.3 is 24.2 Å². The van der Waals surface area contributed by atoms with Crippen molar-refractivity contribution in [3.05, 3.63) is 53.1 Å². The molecule has 0 fully saturated rings. The fraction of sp³-hybridized carbons (Fsp3) is 0.556. The summed E-state index contributed by atoms with van der Waals surface area (Å²) in [5.74, 6) is 0.529. The van der Waals surface area contributed by atoms with E-state index in [1.165, 1.54) is 0 Å². The van der Waals surface area contributed by atoms with Crippen molar-refractivity contribution in [2.75, 3.05) is 30.9 Å². The summed E-state index contributed by atoms with van der Waals surface area (Å²) < 4.78 is 24.8. The molecule has 2 aromatic rings. The third-order valence-corrected chi connectivity index (χ3v) is 7.67. The quantitative estimate of drug-likeness (QED) is 0.350. The molecule has 34 heavy (non-hydrogen) atoms. The molecule has 0 aliphatic heterocycles. The number of hydrogen-bond donors (Lipinski definition) is 2. The average Bonchev–Trinajstić information content (AvgIpc) is 2.71. The highest BCUT2D eigenvalue weighted by Crippen LogP contribution is 2.50. The van der Waals surface area contributed by atoms with Gasteiger partial charge in [0.2, 0.25) is 0 Å². The van der Waals surface area contributed by atoms with Gasteiger partial charge in [-0.3, -0.25) is 4.57 Å². The lowest BCUT2D eigenvalue weighted by Gasteiger charge is -2.33. The van der Waals surface area contributed by atoms with E-state index < -0.39 is 7.60 Å². The average molecular weight is 492 g/mol. The Balaban J connectivity index is 2.59. The maximum atomic E-state index is 13.5. The van der Waals surface area contributed by atoms with Gasteiger partial charge in [0, 0.05) is 23.4 Å².